The largest absolute Gasteiger partial charge is 0.345 e. The van der Waals surface area contributed by atoms with Crippen molar-refractivity contribution in [1.82, 2.24) is 19.2 Å². The van der Waals surface area contributed by atoms with Crippen molar-refractivity contribution in [3.63, 3.8) is 0 Å². The number of aryl methyl sites for hydroxylation is 1. The molecule has 0 N–H and O–H groups in total. The summed E-state index contributed by atoms with van der Waals surface area (Å²) in [7, 11) is 0. The Bertz CT molecular complexity index is 413. The van der Waals surface area contributed by atoms with Gasteiger partial charge in [0.1, 0.15) is 5.82 Å². The monoisotopic (exact) mass is 281 g/mol. The van der Waals surface area contributed by atoms with Gasteiger partial charge in [0, 0.05) is 56.8 Å². The van der Waals surface area contributed by atoms with Crippen molar-refractivity contribution in [2.75, 3.05) is 50.7 Å². The molecule has 0 spiro atoms. The molecule has 0 aromatic carbocycles. The molecule has 2 aliphatic heterocycles. The van der Waals surface area contributed by atoms with Gasteiger partial charge in [-0.15, -0.1) is 0 Å². The minimum atomic E-state index is 0.711. The zero-order valence-corrected chi connectivity index (χ0v) is 12.7. The van der Waals surface area contributed by atoms with E-state index in [1.165, 1.54) is 50.7 Å². The minimum Gasteiger partial charge on any atom is -0.345 e. The maximum absolute atomic E-state index is 4.50. The fraction of sp³-hybridized carbons (Fsp3) is 0.846. The molecule has 5 nitrogen and oxygen atoms in total. The summed E-state index contributed by atoms with van der Waals surface area (Å²) in [5, 5.41) is 1.10. The molecule has 2 aliphatic rings. The van der Waals surface area contributed by atoms with Crippen molar-refractivity contribution < 1.29 is 0 Å². The van der Waals surface area contributed by atoms with Crippen LogP contribution in [0.25, 0.3) is 0 Å². The molecule has 1 atom stereocenters. The van der Waals surface area contributed by atoms with Crippen molar-refractivity contribution in [3.8, 4) is 0 Å². The summed E-state index contributed by atoms with van der Waals surface area (Å²) in [5.74, 6) is 0.903. The van der Waals surface area contributed by atoms with Crippen LogP contribution in [0.1, 0.15) is 19.2 Å². The Balaban J connectivity index is 1.54. The van der Waals surface area contributed by atoms with E-state index in [-0.39, 0.29) is 0 Å². The summed E-state index contributed by atoms with van der Waals surface area (Å²) in [5.41, 5.74) is 0. The van der Waals surface area contributed by atoms with Crippen molar-refractivity contribution in [2.24, 2.45) is 0 Å². The molecule has 0 bridgehead atoms. The first-order chi connectivity index (χ1) is 9.26. The van der Waals surface area contributed by atoms with Gasteiger partial charge in [-0.25, -0.2) is 4.98 Å². The minimum absolute atomic E-state index is 0.711. The first-order valence-electron chi connectivity index (χ1n) is 7.28. The molecule has 106 valence electrons. The van der Waals surface area contributed by atoms with Gasteiger partial charge in [0.15, 0.2) is 0 Å². The van der Waals surface area contributed by atoms with Crippen molar-refractivity contribution in [1.29, 1.82) is 0 Å². The Labute approximate surface area is 119 Å². The molecule has 2 fully saturated rings. The Morgan fingerprint density at radius 3 is 2.63 bits per heavy atom. The number of piperazine rings is 1. The lowest BCUT2D eigenvalue weighted by Gasteiger charge is -2.37. The summed E-state index contributed by atoms with van der Waals surface area (Å²) in [6.45, 7) is 12.6. The number of aromatic nitrogens is 2. The third-order valence-electron chi connectivity index (χ3n) is 4.32. The molecule has 19 heavy (non-hydrogen) atoms. The molecule has 3 rings (SSSR count). The number of likely N-dealkylation sites (N-methyl/N-ethyl adjacent to an activating group) is 1. The van der Waals surface area contributed by atoms with Crippen LogP contribution in [0.15, 0.2) is 0 Å². The van der Waals surface area contributed by atoms with Crippen molar-refractivity contribution >= 4 is 16.7 Å². The van der Waals surface area contributed by atoms with E-state index in [0.717, 1.165) is 24.0 Å². The fourth-order valence-corrected chi connectivity index (χ4v) is 3.78. The molecular weight excluding hydrogens is 258 g/mol. The molecule has 3 heterocycles. The van der Waals surface area contributed by atoms with E-state index in [1.807, 2.05) is 6.92 Å². The predicted molar refractivity (Wildman–Crippen MR) is 79.0 cm³/mol. The lowest BCUT2D eigenvalue weighted by atomic mass is 10.2. The van der Waals surface area contributed by atoms with Gasteiger partial charge in [-0.1, -0.05) is 6.92 Å². The van der Waals surface area contributed by atoms with E-state index in [1.54, 1.807) is 0 Å². The molecule has 0 radical (unpaired) electrons. The average molecular weight is 281 g/mol. The quantitative estimate of drug-likeness (QED) is 0.828. The second kappa shape index (κ2) is 5.73. The molecule has 0 saturated carbocycles. The topological polar surface area (TPSA) is 35.5 Å². The summed E-state index contributed by atoms with van der Waals surface area (Å²) in [6.07, 6.45) is 1.27. The molecule has 0 amide bonds. The molecule has 6 heteroatoms. The number of nitrogens with zero attached hydrogens (tertiary/aromatic N) is 5. The number of anilines is 1. The van der Waals surface area contributed by atoms with E-state index in [2.05, 4.69) is 31.0 Å². The maximum Gasteiger partial charge on any atom is 0.205 e. The molecular formula is C13H23N5S. The Kier molecular flexibility index (Phi) is 4.00. The smallest absolute Gasteiger partial charge is 0.205 e. The van der Waals surface area contributed by atoms with Gasteiger partial charge in [-0.05, 0) is 19.9 Å². The molecule has 2 saturated heterocycles. The maximum atomic E-state index is 4.50. The zero-order valence-electron chi connectivity index (χ0n) is 11.9. The van der Waals surface area contributed by atoms with Gasteiger partial charge in [0.25, 0.3) is 0 Å². The van der Waals surface area contributed by atoms with Crippen LogP contribution < -0.4 is 4.90 Å². The SMILES string of the molecule is CCN1CCN(C2CCN(c3nc(C)ns3)C2)CC1. The third-order valence-corrected chi connectivity index (χ3v) is 5.19. The molecule has 1 aromatic heterocycles. The van der Waals surface area contributed by atoms with E-state index >= 15 is 0 Å². The Hall–Kier alpha value is -0.720. The van der Waals surface area contributed by atoms with Gasteiger partial charge in [-0.3, -0.25) is 4.90 Å². The normalized spacial score (nSPS) is 26.2. The van der Waals surface area contributed by atoms with Gasteiger partial charge < -0.3 is 9.80 Å². The molecule has 1 unspecified atom stereocenters. The Morgan fingerprint density at radius 2 is 2.00 bits per heavy atom. The highest BCUT2D eigenvalue weighted by Crippen LogP contribution is 2.25. The van der Waals surface area contributed by atoms with Gasteiger partial charge in [-0.2, -0.15) is 4.37 Å². The summed E-state index contributed by atoms with van der Waals surface area (Å²) in [4.78, 5) is 12.1. The van der Waals surface area contributed by atoms with E-state index < -0.39 is 0 Å². The van der Waals surface area contributed by atoms with Crippen molar-refractivity contribution in [3.05, 3.63) is 5.82 Å². The third kappa shape index (κ3) is 2.90. The predicted octanol–water partition coefficient (Wildman–Crippen LogP) is 1.06. The molecule has 0 aliphatic carbocycles. The van der Waals surface area contributed by atoms with E-state index in [0.29, 0.717) is 6.04 Å². The van der Waals surface area contributed by atoms with Crippen LogP contribution in [0.5, 0.6) is 0 Å². The zero-order chi connectivity index (χ0) is 13.2. The molecule has 1 aromatic rings. The van der Waals surface area contributed by atoms with Crippen molar-refractivity contribution in [2.45, 2.75) is 26.3 Å². The van der Waals surface area contributed by atoms with E-state index in [4.69, 9.17) is 0 Å². The second-order valence-corrected chi connectivity index (χ2v) is 6.21. The first-order valence-corrected chi connectivity index (χ1v) is 8.05. The summed E-state index contributed by atoms with van der Waals surface area (Å²) in [6, 6.07) is 0.711. The lowest BCUT2D eigenvalue weighted by molar-refractivity contribution is 0.107. The van der Waals surface area contributed by atoms with Gasteiger partial charge >= 0.3 is 0 Å². The highest BCUT2D eigenvalue weighted by Gasteiger charge is 2.30. The van der Waals surface area contributed by atoms with Crippen LogP contribution in [-0.2, 0) is 0 Å². The standard InChI is InChI=1S/C13H23N5S/c1-3-16-6-8-17(9-7-16)12-4-5-18(10-12)13-14-11(2)15-19-13/h12H,3-10H2,1-2H3. The van der Waals surface area contributed by atoms with Gasteiger partial charge in [0.2, 0.25) is 5.13 Å². The second-order valence-electron chi connectivity index (χ2n) is 5.48. The van der Waals surface area contributed by atoms with Crippen LogP contribution in [-0.4, -0.2) is 71.0 Å². The van der Waals surface area contributed by atoms with Crippen LogP contribution in [0.3, 0.4) is 0 Å². The van der Waals surface area contributed by atoms with Crippen LogP contribution >= 0.6 is 11.5 Å². The van der Waals surface area contributed by atoms with Crippen LogP contribution in [0.2, 0.25) is 0 Å². The Morgan fingerprint density at radius 1 is 1.21 bits per heavy atom. The van der Waals surface area contributed by atoms with E-state index in [9.17, 15) is 0 Å². The highest BCUT2D eigenvalue weighted by molar-refractivity contribution is 7.09. The lowest BCUT2D eigenvalue weighted by Crippen LogP contribution is -2.50. The van der Waals surface area contributed by atoms with Crippen LogP contribution in [0, 0.1) is 6.92 Å². The highest BCUT2D eigenvalue weighted by atomic mass is 32.1. The number of rotatable bonds is 3. The van der Waals surface area contributed by atoms with Crippen LogP contribution in [0.4, 0.5) is 5.13 Å². The summed E-state index contributed by atoms with van der Waals surface area (Å²) < 4.78 is 4.29. The number of hydrogen-bond donors (Lipinski definition) is 0. The number of hydrogen-bond acceptors (Lipinski definition) is 6. The fourth-order valence-electron chi connectivity index (χ4n) is 3.07. The summed E-state index contributed by atoms with van der Waals surface area (Å²) >= 11 is 1.54. The first kappa shape index (κ1) is 13.3. The van der Waals surface area contributed by atoms with Gasteiger partial charge in [0.05, 0.1) is 0 Å². The average Bonchev–Trinajstić information content (AvgIpc) is 3.07.